The molecule has 0 fully saturated rings. The minimum atomic E-state index is -0.265. The number of halogens is 2. The summed E-state index contributed by atoms with van der Waals surface area (Å²) in [6.07, 6.45) is 0.748. The van der Waals surface area contributed by atoms with E-state index >= 15 is 0 Å². The van der Waals surface area contributed by atoms with Gasteiger partial charge in [-0.2, -0.15) is 0 Å². The zero-order chi connectivity index (χ0) is 13.8. The molecule has 2 nitrogen and oxygen atoms in total. The van der Waals surface area contributed by atoms with Gasteiger partial charge in [0, 0.05) is 4.47 Å². The van der Waals surface area contributed by atoms with Crippen LogP contribution in [0.4, 0.5) is 4.39 Å². The standard InChI is InChI=1S/C15H12BrFO2/c1-10-6-14(17)4-2-11(10)9-19-15-5-3-13(16)7-12(15)8-18/h2-8H,9H2,1H3. The van der Waals surface area contributed by atoms with Crippen LogP contribution in [0.25, 0.3) is 0 Å². The molecular weight excluding hydrogens is 311 g/mol. The Morgan fingerprint density at radius 3 is 2.74 bits per heavy atom. The first kappa shape index (κ1) is 13.7. The zero-order valence-corrected chi connectivity index (χ0v) is 11.9. The van der Waals surface area contributed by atoms with Crippen LogP contribution in [0.1, 0.15) is 21.5 Å². The summed E-state index contributed by atoms with van der Waals surface area (Å²) in [5, 5.41) is 0. The van der Waals surface area contributed by atoms with E-state index in [1.807, 2.05) is 6.92 Å². The summed E-state index contributed by atoms with van der Waals surface area (Å²) in [5.74, 6) is 0.250. The fourth-order valence-corrected chi connectivity index (χ4v) is 2.10. The van der Waals surface area contributed by atoms with Crippen molar-refractivity contribution < 1.29 is 13.9 Å². The van der Waals surface area contributed by atoms with E-state index in [-0.39, 0.29) is 5.82 Å². The second-order valence-corrected chi connectivity index (χ2v) is 5.08. The van der Waals surface area contributed by atoms with Crippen molar-refractivity contribution in [3.63, 3.8) is 0 Å². The lowest BCUT2D eigenvalue weighted by atomic mass is 10.1. The normalized spacial score (nSPS) is 10.3. The molecule has 0 bridgehead atoms. The Bertz CT molecular complexity index is 611. The Labute approximate surface area is 119 Å². The van der Waals surface area contributed by atoms with Gasteiger partial charge in [-0.25, -0.2) is 4.39 Å². The fraction of sp³-hybridized carbons (Fsp3) is 0.133. The number of rotatable bonds is 4. The van der Waals surface area contributed by atoms with Gasteiger partial charge in [0.15, 0.2) is 6.29 Å². The van der Waals surface area contributed by atoms with Crippen molar-refractivity contribution in [3.8, 4) is 5.75 Å². The Hall–Kier alpha value is -1.68. The quantitative estimate of drug-likeness (QED) is 0.785. The highest BCUT2D eigenvalue weighted by Crippen LogP contribution is 2.23. The first-order valence-electron chi connectivity index (χ1n) is 5.72. The molecule has 4 heteroatoms. The molecule has 0 aliphatic carbocycles. The first-order valence-corrected chi connectivity index (χ1v) is 6.52. The molecule has 0 aliphatic rings. The lowest BCUT2D eigenvalue weighted by Gasteiger charge is -2.10. The lowest BCUT2D eigenvalue weighted by molar-refractivity contribution is 0.111. The number of benzene rings is 2. The Morgan fingerprint density at radius 1 is 1.26 bits per heavy atom. The van der Waals surface area contributed by atoms with Gasteiger partial charge >= 0.3 is 0 Å². The maximum atomic E-state index is 13.0. The van der Waals surface area contributed by atoms with E-state index in [0.717, 1.165) is 21.9 Å². The van der Waals surface area contributed by atoms with Gasteiger partial charge in [0.25, 0.3) is 0 Å². The van der Waals surface area contributed by atoms with Gasteiger partial charge in [0.2, 0.25) is 0 Å². The highest BCUT2D eigenvalue weighted by atomic mass is 79.9. The van der Waals surface area contributed by atoms with E-state index in [2.05, 4.69) is 15.9 Å². The van der Waals surface area contributed by atoms with Crippen LogP contribution in [0.3, 0.4) is 0 Å². The molecule has 0 saturated heterocycles. The van der Waals surface area contributed by atoms with Crippen LogP contribution in [0.2, 0.25) is 0 Å². The molecule has 0 amide bonds. The molecule has 98 valence electrons. The molecule has 2 aromatic carbocycles. The number of aryl methyl sites for hydroxylation is 1. The van der Waals surface area contributed by atoms with E-state index in [9.17, 15) is 9.18 Å². The van der Waals surface area contributed by atoms with Crippen LogP contribution in [-0.4, -0.2) is 6.29 Å². The van der Waals surface area contributed by atoms with Gasteiger partial charge in [-0.3, -0.25) is 4.79 Å². The molecule has 0 saturated carbocycles. The first-order chi connectivity index (χ1) is 9.10. The Morgan fingerprint density at radius 2 is 2.05 bits per heavy atom. The SMILES string of the molecule is Cc1cc(F)ccc1COc1ccc(Br)cc1C=O. The predicted octanol–water partition coefficient (Wildman–Crippen LogP) is 4.29. The monoisotopic (exact) mass is 322 g/mol. The molecule has 19 heavy (non-hydrogen) atoms. The van der Waals surface area contributed by atoms with Gasteiger partial charge in [0.05, 0.1) is 5.56 Å². The summed E-state index contributed by atoms with van der Waals surface area (Å²) < 4.78 is 19.4. The highest BCUT2D eigenvalue weighted by Gasteiger charge is 2.06. The molecule has 0 heterocycles. The van der Waals surface area contributed by atoms with Crippen LogP contribution >= 0.6 is 15.9 Å². The molecule has 0 N–H and O–H groups in total. The molecule has 0 spiro atoms. The Balaban J connectivity index is 2.16. The molecule has 0 atom stereocenters. The van der Waals surface area contributed by atoms with E-state index in [1.54, 1.807) is 24.3 Å². The van der Waals surface area contributed by atoms with Crippen molar-refractivity contribution in [1.82, 2.24) is 0 Å². The van der Waals surface area contributed by atoms with Gasteiger partial charge in [-0.1, -0.05) is 22.0 Å². The maximum Gasteiger partial charge on any atom is 0.153 e. The molecule has 0 aliphatic heterocycles. The van der Waals surface area contributed by atoms with Gasteiger partial charge in [-0.15, -0.1) is 0 Å². The number of ether oxygens (including phenoxy) is 1. The van der Waals surface area contributed by atoms with Crippen molar-refractivity contribution in [1.29, 1.82) is 0 Å². The largest absolute Gasteiger partial charge is 0.488 e. The maximum absolute atomic E-state index is 13.0. The van der Waals surface area contributed by atoms with Gasteiger partial charge in [-0.05, 0) is 48.4 Å². The number of hydrogen-bond acceptors (Lipinski definition) is 2. The highest BCUT2D eigenvalue weighted by molar-refractivity contribution is 9.10. The molecule has 2 aromatic rings. The summed E-state index contributed by atoms with van der Waals surface area (Å²) in [5.41, 5.74) is 2.19. The van der Waals surface area contributed by atoms with Crippen molar-refractivity contribution in [2.45, 2.75) is 13.5 Å². The van der Waals surface area contributed by atoms with E-state index in [4.69, 9.17) is 4.74 Å². The van der Waals surface area contributed by atoms with Gasteiger partial charge < -0.3 is 4.74 Å². The zero-order valence-electron chi connectivity index (χ0n) is 10.3. The molecule has 0 unspecified atom stereocenters. The third-order valence-corrected chi connectivity index (χ3v) is 3.28. The average Bonchev–Trinajstić information content (AvgIpc) is 2.39. The number of carbonyl (C=O) groups excluding carboxylic acids is 1. The Kier molecular flexibility index (Phi) is 4.32. The number of carbonyl (C=O) groups is 1. The predicted molar refractivity (Wildman–Crippen MR) is 75.0 cm³/mol. The second-order valence-electron chi connectivity index (χ2n) is 4.16. The van der Waals surface area contributed by atoms with Crippen LogP contribution in [-0.2, 0) is 6.61 Å². The summed E-state index contributed by atoms with van der Waals surface area (Å²) >= 11 is 3.30. The van der Waals surface area contributed by atoms with E-state index < -0.39 is 0 Å². The average molecular weight is 323 g/mol. The van der Waals surface area contributed by atoms with Gasteiger partial charge in [0.1, 0.15) is 18.2 Å². The third-order valence-electron chi connectivity index (χ3n) is 2.79. The minimum absolute atomic E-state index is 0.265. The van der Waals surface area contributed by atoms with Crippen molar-refractivity contribution in [3.05, 3.63) is 63.4 Å². The van der Waals surface area contributed by atoms with Crippen LogP contribution in [0, 0.1) is 12.7 Å². The van der Waals surface area contributed by atoms with Crippen molar-refractivity contribution >= 4 is 22.2 Å². The molecule has 0 aromatic heterocycles. The van der Waals surface area contributed by atoms with E-state index in [1.165, 1.54) is 12.1 Å². The number of hydrogen-bond donors (Lipinski definition) is 0. The van der Waals surface area contributed by atoms with Crippen molar-refractivity contribution in [2.75, 3.05) is 0 Å². The summed E-state index contributed by atoms with van der Waals surface area (Å²) in [4.78, 5) is 11.0. The topological polar surface area (TPSA) is 26.3 Å². The van der Waals surface area contributed by atoms with Crippen molar-refractivity contribution in [2.24, 2.45) is 0 Å². The third kappa shape index (κ3) is 3.41. The van der Waals surface area contributed by atoms with E-state index in [0.29, 0.717) is 17.9 Å². The lowest BCUT2D eigenvalue weighted by Crippen LogP contribution is -2.00. The summed E-state index contributed by atoms with van der Waals surface area (Å²) in [6, 6.07) is 9.77. The second kappa shape index (κ2) is 5.97. The number of aldehydes is 1. The molecular formula is C15H12BrFO2. The minimum Gasteiger partial charge on any atom is -0.488 e. The van der Waals surface area contributed by atoms with Crippen LogP contribution in [0.15, 0.2) is 40.9 Å². The molecule has 2 rings (SSSR count). The smallest absolute Gasteiger partial charge is 0.153 e. The van der Waals surface area contributed by atoms with Crippen LogP contribution in [0.5, 0.6) is 5.75 Å². The van der Waals surface area contributed by atoms with Crippen LogP contribution < -0.4 is 4.74 Å². The fourth-order valence-electron chi connectivity index (χ4n) is 1.72. The summed E-state index contributed by atoms with van der Waals surface area (Å²) in [6.45, 7) is 2.12. The molecule has 0 radical (unpaired) electrons. The summed E-state index contributed by atoms with van der Waals surface area (Å²) in [7, 11) is 0.